The van der Waals surface area contributed by atoms with E-state index in [1.54, 1.807) is 104 Å². The summed E-state index contributed by atoms with van der Waals surface area (Å²) >= 11 is 0. The lowest BCUT2D eigenvalue weighted by Crippen LogP contribution is -2.81. The number of amides is 1. The van der Waals surface area contributed by atoms with Crippen LogP contribution < -0.4 is 0 Å². The number of carbonyl (C=O) groups is 5. The van der Waals surface area contributed by atoms with Crippen LogP contribution in [0.25, 0.3) is 0 Å². The van der Waals surface area contributed by atoms with Gasteiger partial charge in [0.05, 0.1) is 36.2 Å². The molecule has 0 unspecified atom stereocenters. The van der Waals surface area contributed by atoms with Crippen molar-refractivity contribution in [3.63, 3.8) is 0 Å². The highest BCUT2D eigenvalue weighted by molar-refractivity contribution is 5.94. The third kappa shape index (κ3) is 6.61. The second kappa shape index (κ2) is 14.7. The Morgan fingerprint density at radius 1 is 0.885 bits per heavy atom. The number of ketones is 1. The molecule has 2 bridgehead atoms. The highest BCUT2D eigenvalue weighted by Gasteiger charge is 2.78. The van der Waals surface area contributed by atoms with E-state index in [1.165, 1.54) is 30.9 Å². The predicted octanol–water partition coefficient (Wildman–Crippen LogP) is 4.53. The number of carbonyl (C=O) groups excluding carboxylic acids is 5. The standard InChI is InChI=1S/C46H57NO14/c1-25-29(58-38(53)44(28-19-15-12-16-20-28)23-57-42(8,9)47(44)39(54)61-40(3,4)5)22-46(55)36(59-37(52)27-17-13-11-14-18-27)34-43(10,35(51)33(50)32(25)41(46,6)7)30(49)21-31-45(34,24-56-31)60-26(2)48/h11-20,29-31,33-34,36,49-50,55H,21-24H2,1-10H3/t29-,30-,31+,33+,34-,36-,43+,44+,45-,46+/m0/s1. The summed E-state index contributed by atoms with van der Waals surface area (Å²) in [4.78, 5) is 73.1. The van der Waals surface area contributed by atoms with Gasteiger partial charge >= 0.3 is 24.0 Å². The normalized spacial score (nSPS) is 36.3. The zero-order chi connectivity index (χ0) is 44.9. The maximum atomic E-state index is 15.3. The fraction of sp³-hybridized carbons (Fsp3) is 0.587. The molecule has 3 aliphatic carbocycles. The maximum absolute atomic E-state index is 15.3. The van der Waals surface area contributed by atoms with Gasteiger partial charge in [-0.05, 0) is 77.3 Å². The van der Waals surface area contributed by atoms with Gasteiger partial charge in [0.1, 0.15) is 41.3 Å². The Kier molecular flexibility index (Phi) is 10.7. The molecule has 2 saturated heterocycles. The number of benzene rings is 2. The molecule has 2 aromatic carbocycles. The van der Waals surface area contributed by atoms with E-state index < -0.39 is 112 Å². The first-order chi connectivity index (χ1) is 28.3. The van der Waals surface area contributed by atoms with E-state index >= 15 is 9.59 Å². The minimum absolute atomic E-state index is 0.0223. The Bertz CT molecular complexity index is 2150. The van der Waals surface area contributed by atoms with E-state index in [9.17, 15) is 29.7 Å². The van der Waals surface area contributed by atoms with Crippen molar-refractivity contribution in [2.24, 2.45) is 16.7 Å². The molecule has 1 amide bonds. The largest absolute Gasteiger partial charge is 0.456 e. The summed E-state index contributed by atoms with van der Waals surface area (Å²) in [6.45, 7) is 15.0. The van der Waals surface area contributed by atoms with Crippen LogP contribution >= 0.6 is 0 Å². The Morgan fingerprint density at radius 2 is 1.49 bits per heavy atom. The molecule has 2 aliphatic heterocycles. The average molecular weight is 848 g/mol. The smallest absolute Gasteiger partial charge is 0.413 e. The van der Waals surface area contributed by atoms with Crippen molar-refractivity contribution in [1.82, 2.24) is 4.90 Å². The first-order valence-electron chi connectivity index (χ1n) is 20.6. The lowest BCUT2D eigenvalue weighted by Gasteiger charge is -2.67. The van der Waals surface area contributed by atoms with Crippen LogP contribution in [0, 0.1) is 16.7 Å². The predicted molar refractivity (Wildman–Crippen MR) is 215 cm³/mol. The molecular formula is C46H57NO14. The van der Waals surface area contributed by atoms with Crippen LogP contribution in [0.5, 0.6) is 0 Å². The minimum Gasteiger partial charge on any atom is -0.456 e. The number of hydrogen-bond donors (Lipinski definition) is 3. The lowest BCUT2D eigenvalue weighted by atomic mass is 9.44. The number of rotatable bonds is 6. The van der Waals surface area contributed by atoms with Crippen molar-refractivity contribution in [2.45, 2.75) is 141 Å². The van der Waals surface area contributed by atoms with Gasteiger partial charge < -0.3 is 43.7 Å². The molecule has 330 valence electrons. The Labute approximate surface area is 355 Å². The van der Waals surface area contributed by atoms with Crippen LogP contribution in [-0.4, -0.2) is 116 Å². The monoisotopic (exact) mass is 847 g/mol. The summed E-state index contributed by atoms with van der Waals surface area (Å²) in [6, 6.07) is 16.4. The number of aliphatic hydroxyl groups is 3. The number of fused-ring (bicyclic) bond motifs is 5. The summed E-state index contributed by atoms with van der Waals surface area (Å²) < 4.78 is 36.9. The quantitative estimate of drug-likeness (QED) is 0.208. The van der Waals surface area contributed by atoms with Crippen molar-refractivity contribution in [2.75, 3.05) is 13.2 Å². The van der Waals surface area contributed by atoms with Gasteiger partial charge in [-0.15, -0.1) is 0 Å². The maximum Gasteiger partial charge on any atom is 0.413 e. The lowest BCUT2D eigenvalue weighted by molar-refractivity contribution is -0.346. The molecule has 0 aromatic heterocycles. The van der Waals surface area contributed by atoms with Gasteiger partial charge in [-0.2, -0.15) is 0 Å². The molecule has 7 rings (SSSR count). The molecule has 15 heteroatoms. The number of Topliss-reactive ketones (excluding diaryl/α,β-unsaturated/α-hetero) is 1. The van der Waals surface area contributed by atoms with Crippen molar-refractivity contribution in [1.29, 1.82) is 0 Å². The third-order valence-corrected chi connectivity index (χ3v) is 13.9. The molecule has 0 radical (unpaired) electrons. The summed E-state index contributed by atoms with van der Waals surface area (Å²) in [5, 5.41) is 38.1. The molecule has 2 heterocycles. The molecule has 4 fully saturated rings. The van der Waals surface area contributed by atoms with Crippen LogP contribution in [0.2, 0.25) is 0 Å². The van der Waals surface area contributed by atoms with Crippen molar-refractivity contribution < 1.29 is 67.7 Å². The summed E-state index contributed by atoms with van der Waals surface area (Å²) in [5.74, 6) is -5.02. The molecule has 15 nitrogen and oxygen atoms in total. The number of esters is 3. The fourth-order valence-corrected chi connectivity index (χ4v) is 10.7. The molecule has 2 saturated carbocycles. The van der Waals surface area contributed by atoms with E-state index in [0.717, 1.165) is 0 Å². The first kappa shape index (κ1) is 44.4. The highest BCUT2D eigenvalue weighted by Crippen LogP contribution is 2.64. The van der Waals surface area contributed by atoms with Gasteiger partial charge in [-0.1, -0.05) is 62.4 Å². The minimum atomic E-state index is -2.34. The Balaban J connectivity index is 1.43. The zero-order valence-corrected chi connectivity index (χ0v) is 36.3. The van der Waals surface area contributed by atoms with E-state index in [2.05, 4.69) is 0 Å². The molecule has 2 aromatic rings. The SMILES string of the molecule is CC(=O)O[C@@]12CO[C@@H]1C[C@H](O)[C@@]1(C)C(=O)[C@H](O)C3=C(C)[C@@H](OC(=O)[C@]4(c5ccccc5)COC(C)(C)N4C(=O)OC(C)(C)C)C[C@@](O)([C@@H](OC(=O)c4ccccc4)[C@H]21)C3(C)C. The summed E-state index contributed by atoms with van der Waals surface area (Å²) in [7, 11) is 0. The number of ether oxygens (including phenoxy) is 6. The van der Waals surface area contributed by atoms with E-state index in [0.29, 0.717) is 5.56 Å². The van der Waals surface area contributed by atoms with E-state index in [4.69, 9.17) is 28.4 Å². The van der Waals surface area contributed by atoms with Crippen LogP contribution in [0.15, 0.2) is 71.8 Å². The topological polar surface area (TPSA) is 205 Å². The van der Waals surface area contributed by atoms with Gasteiger partial charge in [0.2, 0.25) is 0 Å². The van der Waals surface area contributed by atoms with Crippen LogP contribution in [0.4, 0.5) is 4.79 Å². The molecular weight excluding hydrogens is 790 g/mol. The number of nitrogens with zero attached hydrogens (tertiary/aromatic N) is 1. The second-order valence-electron chi connectivity index (χ2n) is 19.3. The van der Waals surface area contributed by atoms with Crippen LogP contribution in [-0.2, 0) is 48.3 Å². The highest BCUT2D eigenvalue weighted by atomic mass is 16.6. The van der Waals surface area contributed by atoms with Crippen LogP contribution in [0.1, 0.15) is 98.0 Å². The zero-order valence-electron chi connectivity index (χ0n) is 36.3. The van der Waals surface area contributed by atoms with Crippen LogP contribution in [0.3, 0.4) is 0 Å². The molecule has 61 heavy (non-hydrogen) atoms. The Hall–Kier alpha value is -4.67. The average Bonchev–Trinajstić information content (AvgIpc) is 3.47. The summed E-state index contributed by atoms with van der Waals surface area (Å²) in [6.07, 6.45) is -9.25. The fourth-order valence-electron chi connectivity index (χ4n) is 10.7. The second-order valence-corrected chi connectivity index (χ2v) is 19.3. The van der Waals surface area contributed by atoms with Gasteiger partial charge in [-0.25, -0.2) is 14.4 Å². The van der Waals surface area contributed by atoms with Gasteiger partial charge in [0.15, 0.2) is 16.9 Å². The van der Waals surface area contributed by atoms with E-state index in [-0.39, 0.29) is 36.3 Å². The first-order valence-corrected chi connectivity index (χ1v) is 20.6. The molecule has 10 atom stereocenters. The van der Waals surface area contributed by atoms with Crippen molar-refractivity contribution in [3.05, 3.63) is 82.9 Å². The molecule has 5 aliphatic rings. The van der Waals surface area contributed by atoms with Gasteiger partial charge in [0, 0.05) is 25.2 Å². The molecule has 0 spiro atoms. The van der Waals surface area contributed by atoms with Crippen molar-refractivity contribution in [3.8, 4) is 0 Å². The Morgan fingerprint density at radius 3 is 2.05 bits per heavy atom. The number of aliphatic hydroxyl groups excluding tert-OH is 2. The van der Waals surface area contributed by atoms with E-state index in [1.807, 2.05) is 0 Å². The van der Waals surface area contributed by atoms with Gasteiger partial charge in [0.25, 0.3) is 0 Å². The molecule has 3 N–H and O–H groups in total. The number of hydrogen-bond acceptors (Lipinski definition) is 14. The summed E-state index contributed by atoms with van der Waals surface area (Å²) in [5.41, 5.74) is -11.4. The third-order valence-electron chi connectivity index (χ3n) is 13.9. The van der Waals surface area contributed by atoms with Gasteiger partial charge in [-0.3, -0.25) is 14.5 Å². The van der Waals surface area contributed by atoms with Crippen molar-refractivity contribution >= 4 is 29.8 Å².